The van der Waals surface area contributed by atoms with Crippen molar-refractivity contribution in [2.75, 3.05) is 36.4 Å². The number of piperazine rings is 1. The van der Waals surface area contributed by atoms with E-state index in [9.17, 15) is 4.79 Å². The van der Waals surface area contributed by atoms with E-state index in [4.69, 9.17) is 4.98 Å². The van der Waals surface area contributed by atoms with Crippen LogP contribution in [0.1, 0.15) is 11.1 Å². The van der Waals surface area contributed by atoms with E-state index in [1.165, 1.54) is 5.56 Å². The molecule has 2 aromatic heterocycles. The molecule has 0 radical (unpaired) electrons. The van der Waals surface area contributed by atoms with E-state index in [1.807, 2.05) is 36.1 Å². The maximum Gasteiger partial charge on any atom is 0.321 e. The zero-order valence-electron chi connectivity index (χ0n) is 17.6. The fourth-order valence-corrected chi connectivity index (χ4v) is 4.59. The Hall–Kier alpha value is -3.06. The van der Waals surface area contributed by atoms with Crippen LogP contribution < -0.4 is 10.2 Å². The largest absolute Gasteiger partial charge is 0.351 e. The second kappa shape index (κ2) is 7.89. The normalized spacial score (nSPS) is 14.4. The third-order valence-electron chi connectivity index (χ3n) is 5.89. The summed E-state index contributed by atoms with van der Waals surface area (Å²) in [6.07, 6.45) is 2.07. The molecule has 1 aliphatic heterocycles. The van der Waals surface area contributed by atoms with Gasteiger partial charge >= 0.3 is 6.03 Å². The van der Waals surface area contributed by atoms with Crippen LogP contribution in [0.25, 0.3) is 16.6 Å². The van der Waals surface area contributed by atoms with Gasteiger partial charge in [-0.3, -0.25) is 0 Å². The fourth-order valence-electron chi connectivity index (χ4n) is 4.24. The van der Waals surface area contributed by atoms with Gasteiger partial charge in [0.2, 0.25) is 0 Å². The van der Waals surface area contributed by atoms with Crippen LogP contribution in [0.4, 0.5) is 16.3 Å². The third-order valence-corrected chi connectivity index (χ3v) is 6.38. The quantitative estimate of drug-likeness (QED) is 0.430. The molecule has 6 nitrogen and oxygen atoms in total. The topological polar surface area (TPSA) is 52.9 Å². The molecule has 0 saturated carbocycles. The van der Waals surface area contributed by atoms with E-state index in [0.717, 1.165) is 51.2 Å². The van der Waals surface area contributed by atoms with Gasteiger partial charge in [-0.15, -0.1) is 0 Å². The van der Waals surface area contributed by atoms with Crippen LogP contribution in [0.2, 0.25) is 0 Å². The maximum atomic E-state index is 12.8. The predicted molar refractivity (Wildman–Crippen MR) is 129 cm³/mol. The molecule has 2 aromatic carbocycles. The number of halogens is 1. The van der Waals surface area contributed by atoms with Crippen LogP contribution in [-0.4, -0.2) is 46.5 Å². The SMILES string of the molecule is Cc1ccc(NC(=O)N2CCN(c3nc4cc(Br)ccc4n4cccc34)CC2)c(C)c1. The molecule has 0 aliphatic carbocycles. The van der Waals surface area contributed by atoms with Gasteiger partial charge in [-0.2, -0.15) is 0 Å². The molecule has 31 heavy (non-hydrogen) atoms. The number of nitrogens with zero attached hydrogens (tertiary/aromatic N) is 4. The van der Waals surface area contributed by atoms with Crippen molar-refractivity contribution in [1.29, 1.82) is 0 Å². The number of fused-ring (bicyclic) bond motifs is 3. The first-order chi connectivity index (χ1) is 15.0. The van der Waals surface area contributed by atoms with Gasteiger partial charge in [0.25, 0.3) is 0 Å². The van der Waals surface area contributed by atoms with E-state index in [0.29, 0.717) is 13.1 Å². The number of amides is 2. The number of anilines is 2. The summed E-state index contributed by atoms with van der Waals surface area (Å²) < 4.78 is 3.20. The van der Waals surface area contributed by atoms with Crippen LogP contribution in [0.3, 0.4) is 0 Å². The Balaban J connectivity index is 1.35. The number of carbonyl (C=O) groups excluding carboxylic acids is 1. The number of aromatic nitrogens is 2. The second-order valence-electron chi connectivity index (χ2n) is 8.05. The van der Waals surface area contributed by atoms with Gasteiger partial charge in [-0.1, -0.05) is 33.6 Å². The first-order valence-corrected chi connectivity index (χ1v) is 11.2. The molecular weight excluding hydrogens is 454 g/mol. The molecular formula is C24H24BrN5O. The summed E-state index contributed by atoms with van der Waals surface area (Å²) in [6.45, 7) is 6.87. The molecule has 2 amide bonds. The predicted octanol–water partition coefficient (Wildman–Crippen LogP) is 5.22. The molecule has 3 heterocycles. The number of hydrogen-bond donors (Lipinski definition) is 1. The molecule has 7 heteroatoms. The molecule has 0 atom stereocenters. The van der Waals surface area contributed by atoms with Gasteiger partial charge in [0.1, 0.15) is 0 Å². The third kappa shape index (κ3) is 3.74. The molecule has 1 saturated heterocycles. The number of carbonyl (C=O) groups is 1. The van der Waals surface area contributed by atoms with E-state index in [1.54, 1.807) is 0 Å². The zero-order chi connectivity index (χ0) is 21.5. The Morgan fingerprint density at radius 3 is 2.58 bits per heavy atom. The van der Waals surface area contributed by atoms with Crippen molar-refractivity contribution in [2.24, 2.45) is 0 Å². The second-order valence-corrected chi connectivity index (χ2v) is 8.97. The van der Waals surface area contributed by atoms with Gasteiger partial charge in [-0.05, 0) is 55.8 Å². The summed E-state index contributed by atoms with van der Waals surface area (Å²) in [7, 11) is 0. The van der Waals surface area contributed by atoms with E-state index < -0.39 is 0 Å². The maximum absolute atomic E-state index is 12.8. The molecule has 0 bridgehead atoms. The molecule has 1 fully saturated rings. The van der Waals surface area contributed by atoms with Crippen LogP contribution in [-0.2, 0) is 0 Å². The lowest BCUT2D eigenvalue weighted by Crippen LogP contribution is -2.50. The van der Waals surface area contributed by atoms with Crippen molar-refractivity contribution in [1.82, 2.24) is 14.3 Å². The van der Waals surface area contributed by atoms with E-state index in [2.05, 4.69) is 67.9 Å². The Morgan fingerprint density at radius 2 is 1.81 bits per heavy atom. The molecule has 158 valence electrons. The lowest BCUT2D eigenvalue weighted by Gasteiger charge is -2.35. The van der Waals surface area contributed by atoms with Gasteiger partial charge in [-0.25, -0.2) is 9.78 Å². The molecule has 1 N–H and O–H groups in total. The number of benzene rings is 2. The number of urea groups is 1. The minimum absolute atomic E-state index is 0.0464. The molecule has 0 unspecified atom stereocenters. The Bertz CT molecular complexity index is 1290. The Kier molecular flexibility index (Phi) is 5.06. The lowest BCUT2D eigenvalue weighted by molar-refractivity contribution is 0.208. The van der Waals surface area contributed by atoms with Gasteiger partial charge in [0.15, 0.2) is 5.82 Å². The highest BCUT2D eigenvalue weighted by atomic mass is 79.9. The van der Waals surface area contributed by atoms with Crippen LogP contribution in [0, 0.1) is 13.8 Å². The summed E-state index contributed by atoms with van der Waals surface area (Å²) in [5, 5.41) is 3.06. The fraction of sp³-hybridized carbons (Fsp3) is 0.250. The highest BCUT2D eigenvalue weighted by Crippen LogP contribution is 2.28. The standard InChI is InChI=1S/C24H24BrN5O/c1-16-5-7-19(17(2)14-16)27-24(31)29-12-10-28(11-13-29)23-22-4-3-9-30(22)21-8-6-18(25)15-20(21)26-23/h3-9,14-15H,10-13H2,1-2H3,(H,27,31). The van der Waals surface area contributed by atoms with Crippen molar-refractivity contribution in [3.05, 3.63) is 70.3 Å². The Morgan fingerprint density at radius 1 is 1.00 bits per heavy atom. The average Bonchev–Trinajstić information content (AvgIpc) is 3.25. The van der Waals surface area contributed by atoms with Gasteiger partial charge in [0.05, 0.1) is 16.6 Å². The monoisotopic (exact) mass is 477 g/mol. The Labute approximate surface area is 189 Å². The number of nitrogens with one attached hydrogen (secondary N) is 1. The molecule has 1 aliphatic rings. The van der Waals surface area contributed by atoms with Crippen LogP contribution in [0.5, 0.6) is 0 Å². The zero-order valence-corrected chi connectivity index (χ0v) is 19.2. The first kappa shape index (κ1) is 19.9. The number of hydrogen-bond acceptors (Lipinski definition) is 3. The summed E-state index contributed by atoms with van der Waals surface area (Å²) >= 11 is 3.55. The van der Waals surface area contributed by atoms with Crippen molar-refractivity contribution in [3.63, 3.8) is 0 Å². The van der Waals surface area contributed by atoms with Crippen molar-refractivity contribution in [3.8, 4) is 0 Å². The minimum Gasteiger partial charge on any atom is -0.351 e. The van der Waals surface area contributed by atoms with Gasteiger partial charge in [0, 0.05) is 42.5 Å². The summed E-state index contributed by atoms with van der Waals surface area (Å²) in [5.74, 6) is 0.963. The van der Waals surface area contributed by atoms with Crippen molar-refractivity contribution in [2.45, 2.75) is 13.8 Å². The highest BCUT2D eigenvalue weighted by Gasteiger charge is 2.24. The van der Waals surface area contributed by atoms with E-state index >= 15 is 0 Å². The smallest absolute Gasteiger partial charge is 0.321 e. The molecule has 0 spiro atoms. The van der Waals surface area contributed by atoms with Crippen LogP contribution in [0.15, 0.2) is 59.2 Å². The number of rotatable bonds is 2. The first-order valence-electron chi connectivity index (χ1n) is 10.4. The molecule has 4 aromatic rings. The summed E-state index contributed by atoms with van der Waals surface area (Å²) in [6, 6.07) is 16.3. The highest BCUT2D eigenvalue weighted by molar-refractivity contribution is 9.10. The van der Waals surface area contributed by atoms with Crippen LogP contribution >= 0.6 is 15.9 Å². The summed E-state index contributed by atoms with van der Waals surface area (Å²) in [4.78, 5) is 21.9. The molecule has 5 rings (SSSR count). The van der Waals surface area contributed by atoms with Crippen molar-refractivity contribution >= 4 is 50.0 Å². The lowest BCUT2D eigenvalue weighted by atomic mass is 10.1. The average molecular weight is 478 g/mol. The van der Waals surface area contributed by atoms with Crippen molar-refractivity contribution < 1.29 is 4.79 Å². The van der Waals surface area contributed by atoms with E-state index in [-0.39, 0.29) is 6.03 Å². The minimum atomic E-state index is -0.0464. The summed E-state index contributed by atoms with van der Waals surface area (Å²) in [5.41, 5.74) is 6.25. The number of aryl methyl sites for hydroxylation is 2. The van der Waals surface area contributed by atoms with Gasteiger partial charge < -0.3 is 19.5 Å².